The lowest BCUT2D eigenvalue weighted by Crippen LogP contribution is -2.43. The first-order chi connectivity index (χ1) is 10.3. The maximum absolute atomic E-state index is 12.5. The van der Waals surface area contributed by atoms with E-state index < -0.39 is 0 Å². The van der Waals surface area contributed by atoms with Gasteiger partial charge in [-0.05, 0) is 25.0 Å². The van der Waals surface area contributed by atoms with Crippen LogP contribution in [0.15, 0.2) is 30.6 Å². The molecular weight excluding hydrogens is 266 g/mol. The van der Waals surface area contributed by atoms with Gasteiger partial charge in [-0.25, -0.2) is 0 Å². The Hall–Kier alpha value is -2.01. The van der Waals surface area contributed by atoms with E-state index in [1.165, 1.54) is 0 Å². The summed E-state index contributed by atoms with van der Waals surface area (Å²) in [5, 5.41) is 12.5. The van der Waals surface area contributed by atoms with Crippen LogP contribution in [0.2, 0.25) is 0 Å². The van der Waals surface area contributed by atoms with Crippen LogP contribution in [-0.4, -0.2) is 33.6 Å². The molecule has 2 atom stereocenters. The zero-order valence-electron chi connectivity index (χ0n) is 11.8. The van der Waals surface area contributed by atoms with Gasteiger partial charge in [0.25, 0.3) is 5.91 Å². The molecule has 2 unspecified atom stereocenters. The Bertz CT molecular complexity index is 639. The lowest BCUT2D eigenvalue weighted by Gasteiger charge is -2.30. The standard InChI is InChI=1S/C16H19N3O2/c20-10-11-4-1-2-6-13(11)19-16(21)12-5-3-7-14-15(12)18-9-8-17-14/h3,5,7-9,11,13,20H,1-2,4,6,10H2,(H,19,21). The molecule has 1 heterocycles. The van der Waals surface area contributed by atoms with Crippen LogP contribution in [0.5, 0.6) is 0 Å². The maximum atomic E-state index is 12.5. The van der Waals surface area contributed by atoms with E-state index in [4.69, 9.17) is 0 Å². The van der Waals surface area contributed by atoms with Crippen LogP contribution in [0.1, 0.15) is 36.0 Å². The number of aromatic nitrogens is 2. The molecule has 1 fully saturated rings. The Morgan fingerprint density at radius 2 is 2.05 bits per heavy atom. The Morgan fingerprint density at radius 3 is 2.90 bits per heavy atom. The summed E-state index contributed by atoms with van der Waals surface area (Å²) in [4.78, 5) is 21.0. The smallest absolute Gasteiger partial charge is 0.253 e. The van der Waals surface area contributed by atoms with Gasteiger partial charge in [-0.3, -0.25) is 14.8 Å². The number of benzene rings is 1. The molecule has 0 spiro atoms. The van der Waals surface area contributed by atoms with Crippen molar-refractivity contribution in [2.75, 3.05) is 6.61 Å². The van der Waals surface area contributed by atoms with E-state index in [1.54, 1.807) is 18.5 Å². The number of carbonyl (C=O) groups excluding carboxylic acids is 1. The van der Waals surface area contributed by atoms with Crippen LogP contribution >= 0.6 is 0 Å². The van der Waals surface area contributed by atoms with Crippen LogP contribution in [0.25, 0.3) is 11.0 Å². The average Bonchev–Trinajstić information content (AvgIpc) is 2.54. The van der Waals surface area contributed by atoms with Crippen LogP contribution in [0.3, 0.4) is 0 Å². The van der Waals surface area contributed by atoms with Crippen molar-refractivity contribution in [1.82, 2.24) is 15.3 Å². The molecule has 0 saturated heterocycles. The van der Waals surface area contributed by atoms with Gasteiger partial charge in [0, 0.05) is 31.0 Å². The summed E-state index contributed by atoms with van der Waals surface area (Å²) in [6.07, 6.45) is 7.32. The highest BCUT2D eigenvalue weighted by Crippen LogP contribution is 2.24. The number of carbonyl (C=O) groups is 1. The fourth-order valence-corrected chi connectivity index (χ4v) is 3.04. The predicted molar refractivity (Wildman–Crippen MR) is 79.8 cm³/mol. The molecule has 2 N–H and O–H groups in total. The quantitative estimate of drug-likeness (QED) is 0.903. The monoisotopic (exact) mass is 285 g/mol. The zero-order valence-corrected chi connectivity index (χ0v) is 11.8. The minimum Gasteiger partial charge on any atom is -0.396 e. The van der Waals surface area contributed by atoms with Gasteiger partial charge in [0.05, 0.1) is 11.1 Å². The first kappa shape index (κ1) is 13.9. The van der Waals surface area contributed by atoms with Gasteiger partial charge < -0.3 is 10.4 Å². The largest absolute Gasteiger partial charge is 0.396 e. The summed E-state index contributed by atoms with van der Waals surface area (Å²) in [5.41, 5.74) is 1.88. The summed E-state index contributed by atoms with van der Waals surface area (Å²) in [5.74, 6) is 0.0233. The fraction of sp³-hybridized carbons (Fsp3) is 0.438. The van der Waals surface area contributed by atoms with Crippen molar-refractivity contribution in [2.45, 2.75) is 31.7 Å². The molecule has 3 rings (SSSR count). The maximum Gasteiger partial charge on any atom is 0.253 e. The van der Waals surface area contributed by atoms with Crippen molar-refractivity contribution >= 4 is 16.9 Å². The molecule has 1 amide bonds. The van der Waals surface area contributed by atoms with E-state index in [-0.39, 0.29) is 24.5 Å². The number of nitrogens with one attached hydrogen (secondary N) is 1. The third-order valence-corrected chi connectivity index (χ3v) is 4.20. The molecule has 0 bridgehead atoms. The number of aliphatic hydroxyl groups excluding tert-OH is 1. The second-order valence-corrected chi connectivity index (χ2v) is 5.54. The minimum atomic E-state index is -0.133. The topological polar surface area (TPSA) is 75.1 Å². The van der Waals surface area contributed by atoms with Crippen LogP contribution in [0, 0.1) is 5.92 Å². The fourth-order valence-electron chi connectivity index (χ4n) is 3.04. The average molecular weight is 285 g/mol. The van der Waals surface area contributed by atoms with Crippen molar-refractivity contribution in [3.8, 4) is 0 Å². The third-order valence-electron chi connectivity index (χ3n) is 4.20. The van der Waals surface area contributed by atoms with Gasteiger partial charge in [-0.15, -0.1) is 0 Å². The highest BCUT2D eigenvalue weighted by molar-refractivity contribution is 6.04. The molecule has 1 saturated carbocycles. The molecular formula is C16H19N3O2. The van der Waals surface area contributed by atoms with Crippen molar-refractivity contribution in [3.05, 3.63) is 36.2 Å². The highest BCUT2D eigenvalue weighted by Gasteiger charge is 2.26. The molecule has 0 radical (unpaired) electrons. The van der Waals surface area contributed by atoms with Crippen LogP contribution in [0.4, 0.5) is 0 Å². The van der Waals surface area contributed by atoms with E-state index in [0.717, 1.165) is 25.7 Å². The van der Waals surface area contributed by atoms with Crippen molar-refractivity contribution in [2.24, 2.45) is 5.92 Å². The second-order valence-electron chi connectivity index (χ2n) is 5.54. The molecule has 1 aliphatic carbocycles. The summed E-state index contributed by atoms with van der Waals surface area (Å²) < 4.78 is 0. The molecule has 5 heteroatoms. The number of para-hydroxylation sites is 1. The Kier molecular flexibility index (Phi) is 4.10. The molecule has 5 nitrogen and oxygen atoms in total. The molecule has 0 aliphatic heterocycles. The molecule has 21 heavy (non-hydrogen) atoms. The first-order valence-corrected chi connectivity index (χ1v) is 7.41. The number of amides is 1. The van der Waals surface area contributed by atoms with Gasteiger partial charge >= 0.3 is 0 Å². The van der Waals surface area contributed by atoms with Gasteiger partial charge in [0.15, 0.2) is 0 Å². The zero-order chi connectivity index (χ0) is 14.7. The lowest BCUT2D eigenvalue weighted by molar-refractivity contribution is 0.0874. The molecule has 1 aromatic heterocycles. The number of fused-ring (bicyclic) bond motifs is 1. The minimum absolute atomic E-state index is 0.0446. The Labute approximate surface area is 123 Å². The van der Waals surface area contributed by atoms with E-state index in [1.807, 2.05) is 12.1 Å². The van der Waals surface area contributed by atoms with Gasteiger partial charge in [0.2, 0.25) is 0 Å². The predicted octanol–water partition coefficient (Wildman–Crippen LogP) is 1.91. The molecule has 2 aromatic rings. The lowest BCUT2D eigenvalue weighted by atomic mass is 9.85. The van der Waals surface area contributed by atoms with Crippen LogP contribution < -0.4 is 5.32 Å². The Morgan fingerprint density at radius 1 is 1.24 bits per heavy atom. The summed E-state index contributed by atoms with van der Waals surface area (Å²) >= 11 is 0. The Balaban J connectivity index is 1.84. The SMILES string of the molecule is O=C(NC1CCCCC1CO)c1cccc2nccnc12. The summed E-state index contributed by atoms with van der Waals surface area (Å²) in [7, 11) is 0. The van der Waals surface area contributed by atoms with E-state index in [0.29, 0.717) is 16.6 Å². The third kappa shape index (κ3) is 2.88. The van der Waals surface area contributed by atoms with Gasteiger partial charge in [0.1, 0.15) is 5.52 Å². The molecule has 110 valence electrons. The molecule has 1 aliphatic rings. The highest BCUT2D eigenvalue weighted by atomic mass is 16.3. The van der Waals surface area contributed by atoms with Crippen molar-refractivity contribution in [3.63, 3.8) is 0 Å². The van der Waals surface area contributed by atoms with Crippen molar-refractivity contribution in [1.29, 1.82) is 0 Å². The normalized spacial score (nSPS) is 22.1. The van der Waals surface area contributed by atoms with E-state index in [9.17, 15) is 9.90 Å². The summed E-state index contributed by atoms with van der Waals surface area (Å²) in [6, 6.07) is 5.47. The number of rotatable bonds is 3. The van der Waals surface area contributed by atoms with Crippen LogP contribution in [-0.2, 0) is 0 Å². The van der Waals surface area contributed by atoms with E-state index in [2.05, 4.69) is 15.3 Å². The molecule has 1 aromatic carbocycles. The van der Waals surface area contributed by atoms with Gasteiger partial charge in [-0.1, -0.05) is 18.9 Å². The van der Waals surface area contributed by atoms with E-state index >= 15 is 0 Å². The van der Waals surface area contributed by atoms with Gasteiger partial charge in [-0.2, -0.15) is 0 Å². The number of aliphatic hydroxyl groups is 1. The number of hydrogen-bond donors (Lipinski definition) is 2. The number of hydrogen-bond acceptors (Lipinski definition) is 4. The summed E-state index contributed by atoms with van der Waals surface area (Å²) in [6.45, 7) is 0.125. The van der Waals surface area contributed by atoms with Crippen molar-refractivity contribution < 1.29 is 9.90 Å². The second kappa shape index (κ2) is 6.18. The first-order valence-electron chi connectivity index (χ1n) is 7.41. The number of nitrogens with zero attached hydrogens (tertiary/aromatic N) is 2.